The number of amides is 1. The van der Waals surface area contributed by atoms with Gasteiger partial charge in [-0.2, -0.15) is 0 Å². The molecule has 0 aliphatic carbocycles. The van der Waals surface area contributed by atoms with Crippen molar-refractivity contribution in [2.75, 3.05) is 12.9 Å². The molecule has 9 heteroatoms. The topological polar surface area (TPSA) is 94.6 Å². The lowest BCUT2D eigenvalue weighted by Crippen LogP contribution is -2.43. The summed E-state index contributed by atoms with van der Waals surface area (Å²) in [7, 11) is 1.30. The first kappa shape index (κ1) is 23.6. The van der Waals surface area contributed by atoms with Gasteiger partial charge in [-0.1, -0.05) is 11.8 Å². The van der Waals surface area contributed by atoms with Crippen LogP contribution in [0.25, 0.3) is 10.9 Å². The maximum Gasteiger partial charge on any atom is 0.337 e. The molecular formula is C23H27N3O5S. The van der Waals surface area contributed by atoms with E-state index in [0.29, 0.717) is 27.4 Å². The van der Waals surface area contributed by atoms with Crippen LogP contribution in [0, 0.1) is 0 Å². The number of methoxy groups -OCH3 is 1. The zero-order chi connectivity index (χ0) is 23.4. The van der Waals surface area contributed by atoms with E-state index in [1.165, 1.54) is 41.8 Å². The van der Waals surface area contributed by atoms with Gasteiger partial charge in [0.2, 0.25) is 5.91 Å². The molecule has 3 rings (SSSR count). The summed E-state index contributed by atoms with van der Waals surface area (Å²) < 4.78 is 11.7. The molecule has 0 atom stereocenters. The van der Waals surface area contributed by atoms with Crippen molar-refractivity contribution in [3.05, 3.63) is 58.3 Å². The predicted molar refractivity (Wildman–Crippen MR) is 123 cm³/mol. The van der Waals surface area contributed by atoms with E-state index in [1.807, 2.05) is 27.7 Å². The average molecular weight is 458 g/mol. The Morgan fingerprint density at radius 2 is 1.91 bits per heavy atom. The molecule has 32 heavy (non-hydrogen) atoms. The number of hydrogen-bond donors (Lipinski definition) is 0. The normalized spacial score (nSPS) is 11.3. The number of furan rings is 1. The molecule has 8 nitrogen and oxygen atoms in total. The molecule has 2 aromatic heterocycles. The fourth-order valence-corrected chi connectivity index (χ4v) is 4.49. The van der Waals surface area contributed by atoms with Crippen molar-refractivity contribution in [2.24, 2.45) is 0 Å². The van der Waals surface area contributed by atoms with E-state index in [-0.39, 0.29) is 35.8 Å². The summed E-state index contributed by atoms with van der Waals surface area (Å²) in [6, 6.07) is 8.26. The Bertz CT molecular complexity index is 1160. The van der Waals surface area contributed by atoms with Gasteiger partial charge in [-0.25, -0.2) is 9.78 Å². The first-order chi connectivity index (χ1) is 15.2. The summed E-state index contributed by atoms with van der Waals surface area (Å²) in [6.45, 7) is 8.06. The Morgan fingerprint density at radius 3 is 2.50 bits per heavy atom. The molecule has 1 aromatic carbocycles. The molecule has 0 saturated heterocycles. The third-order valence-corrected chi connectivity index (χ3v) is 5.92. The fourth-order valence-electron chi connectivity index (χ4n) is 3.63. The Balaban J connectivity index is 2.03. The number of aromatic nitrogens is 2. The third kappa shape index (κ3) is 5.04. The highest BCUT2D eigenvalue weighted by atomic mass is 32.2. The average Bonchev–Trinajstić information content (AvgIpc) is 3.26. The fraction of sp³-hybridized carbons (Fsp3) is 0.391. The van der Waals surface area contributed by atoms with Crippen molar-refractivity contribution in [3.8, 4) is 0 Å². The van der Waals surface area contributed by atoms with Crippen molar-refractivity contribution in [1.82, 2.24) is 14.5 Å². The van der Waals surface area contributed by atoms with Crippen molar-refractivity contribution < 1.29 is 18.7 Å². The first-order valence-electron chi connectivity index (χ1n) is 10.3. The Hall–Kier alpha value is -3.07. The number of nitrogens with zero attached hydrogens (tertiary/aromatic N) is 3. The van der Waals surface area contributed by atoms with Crippen LogP contribution in [0.4, 0.5) is 0 Å². The number of thioether (sulfide) groups is 1. The van der Waals surface area contributed by atoms with Gasteiger partial charge in [0.1, 0.15) is 5.76 Å². The molecule has 170 valence electrons. The van der Waals surface area contributed by atoms with Crippen molar-refractivity contribution in [2.45, 2.75) is 51.5 Å². The van der Waals surface area contributed by atoms with E-state index in [9.17, 15) is 14.4 Å². The lowest BCUT2D eigenvalue weighted by Gasteiger charge is -2.30. The van der Waals surface area contributed by atoms with Crippen molar-refractivity contribution in [3.63, 3.8) is 0 Å². The number of ether oxygens (including phenoxy) is 1. The van der Waals surface area contributed by atoms with Gasteiger partial charge >= 0.3 is 5.97 Å². The molecule has 0 aliphatic heterocycles. The smallest absolute Gasteiger partial charge is 0.337 e. The second-order valence-electron chi connectivity index (χ2n) is 7.87. The zero-order valence-corrected chi connectivity index (χ0v) is 19.6. The minimum atomic E-state index is -0.512. The van der Waals surface area contributed by atoms with Gasteiger partial charge in [0, 0.05) is 12.1 Å². The van der Waals surface area contributed by atoms with E-state index in [1.54, 1.807) is 23.1 Å². The van der Waals surface area contributed by atoms with Gasteiger partial charge in [-0.15, -0.1) is 0 Å². The Morgan fingerprint density at radius 1 is 1.19 bits per heavy atom. The minimum absolute atomic E-state index is 0.0396. The molecular weight excluding hydrogens is 430 g/mol. The molecule has 0 aliphatic rings. The summed E-state index contributed by atoms with van der Waals surface area (Å²) in [5.41, 5.74) is 0.393. The van der Waals surface area contributed by atoms with Crippen LogP contribution in [0.1, 0.15) is 43.8 Å². The van der Waals surface area contributed by atoms with Crippen LogP contribution in [0.2, 0.25) is 0 Å². The van der Waals surface area contributed by atoms with Gasteiger partial charge in [0.05, 0.1) is 42.1 Å². The number of benzene rings is 1. The monoisotopic (exact) mass is 457 g/mol. The molecule has 3 aromatic rings. The summed E-state index contributed by atoms with van der Waals surface area (Å²) in [4.78, 5) is 44.5. The molecule has 0 unspecified atom stereocenters. The summed E-state index contributed by atoms with van der Waals surface area (Å²) in [6.07, 6.45) is 1.54. The quantitative estimate of drug-likeness (QED) is 0.290. The summed E-state index contributed by atoms with van der Waals surface area (Å²) >= 11 is 1.19. The van der Waals surface area contributed by atoms with Crippen molar-refractivity contribution >= 4 is 34.5 Å². The Kier molecular flexibility index (Phi) is 7.40. The van der Waals surface area contributed by atoms with Gasteiger partial charge in [-0.05, 0) is 58.0 Å². The molecule has 1 amide bonds. The standard InChI is InChI=1S/C23H27N3O5S/c1-14(2)26(15(3)4)20(27)13-32-23-24-19-11-16(22(29)30-5)8-9-18(19)21(28)25(23)12-17-7-6-10-31-17/h6-11,14-15H,12-13H2,1-5H3. The van der Waals surface area contributed by atoms with Gasteiger partial charge in [0.15, 0.2) is 5.16 Å². The van der Waals surface area contributed by atoms with E-state index < -0.39 is 5.97 Å². The highest BCUT2D eigenvalue weighted by Gasteiger charge is 2.22. The van der Waals surface area contributed by atoms with Gasteiger partial charge in [-0.3, -0.25) is 14.2 Å². The van der Waals surface area contributed by atoms with Crippen LogP contribution < -0.4 is 5.56 Å². The lowest BCUT2D eigenvalue weighted by molar-refractivity contribution is -0.131. The number of fused-ring (bicyclic) bond motifs is 1. The van der Waals surface area contributed by atoms with E-state index >= 15 is 0 Å². The van der Waals surface area contributed by atoms with E-state index in [2.05, 4.69) is 4.98 Å². The SMILES string of the molecule is COC(=O)c1ccc2c(=O)n(Cc3ccco3)c(SCC(=O)N(C(C)C)C(C)C)nc2c1. The predicted octanol–water partition coefficient (Wildman–Crippen LogP) is 3.56. The van der Waals surface area contributed by atoms with Crippen LogP contribution in [0.15, 0.2) is 51.0 Å². The second-order valence-corrected chi connectivity index (χ2v) is 8.81. The minimum Gasteiger partial charge on any atom is -0.467 e. The highest BCUT2D eigenvalue weighted by Crippen LogP contribution is 2.22. The maximum absolute atomic E-state index is 13.3. The summed E-state index contributed by atoms with van der Waals surface area (Å²) in [5.74, 6) is 0.173. The van der Waals surface area contributed by atoms with Gasteiger partial charge < -0.3 is 14.1 Å². The number of carbonyl (C=O) groups is 2. The van der Waals surface area contributed by atoms with Gasteiger partial charge in [0.25, 0.3) is 5.56 Å². The number of esters is 1. The molecule has 0 fully saturated rings. The molecule has 0 radical (unpaired) electrons. The molecule has 0 saturated carbocycles. The number of carbonyl (C=O) groups excluding carboxylic acids is 2. The molecule has 0 bridgehead atoms. The number of hydrogen-bond acceptors (Lipinski definition) is 7. The van der Waals surface area contributed by atoms with Crippen molar-refractivity contribution in [1.29, 1.82) is 0 Å². The largest absolute Gasteiger partial charge is 0.467 e. The van der Waals surface area contributed by atoms with E-state index in [0.717, 1.165) is 0 Å². The van der Waals surface area contributed by atoms with Crippen LogP contribution in [0.3, 0.4) is 0 Å². The summed E-state index contributed by atoms with van der Waals surface area (Å²) in [5, 5.41) is 0.743. The molecule has 2 heterocycles. The first-order valence-corrected chi connectivity index (χ1v) is 11.3. The van der Waals surface area contributed by atoms with Crippen LogP contribution >= 0.6 is 11.8 Å². The van der Waals surface area contributed by atoms with Crippen LogP contribution in [-0.4, -0.2) is 51.3 Å². The maximum atomic E-state index is 13.3. The zero-order valence-electron chi connectivity index (χ0n) is 18.8. The van der Waals surface area contributed by atoms with Crippen LogP contribution in [-0.2, 0) is 16.1 Å². The van der Waals surface area contributed by atoms with Crippen LogP contribution in [0.5, 0.6) is 0 Å². The molecule has 0 spiro atoms. The second kappa shape index (κ2) is 10.0. The number of rotatable bonds is 8. The highest BCUT2D eigenvalue weighted by molar-refractivity contribution is 7.99. The lowest BCUT2D eigenvalue weighted by atomic mass is 10.1. The van der Waals surface area contributed by atoms with E-state index in [4.69, 9.17) is 9.15 Å². The Labute approximate surface area is 190 Å². The molecule has 0 N–H and O–H groups in total. The third-order valence-electron chi connectivity index (χ3n) is 4.96.